The Hall–Kier alpha value is -2.17. The minimum Gasteiger partial charge on any atom is -0.462 e. The zero-order chi connectivity index (χ0) is 16.6. The van der Waals surface area contributed by atoms with Crippen molar-refractivity contribution in [1.29, 1.82) is 0 Å². The Morgan fingerprint density at radius 1 is 0.857 bits per heavy atom. The van der Waals surface area contributed by atoms with E-state index in [1.165, 1.54) is 6.92 Å². The van der Waals surface area contributed by atoms with Crippen LogP contribution in [0.3, 0.4) is 0 Å². The lowest BCUT2D eigenvalue weighted by Crippen LogP contribution is -2.14. The molecule has 0 aliphatic rings. The van der Waals surface area contributed by atoms with Crippen molar-refractivity contribution in [3.05, 3.63) is 35.5 Å². The standard InChI is InChI=1S/C16H22O5/c1-10(2)14(17)20-9-7-8-12(5)13(6)16(19)21-15(18)11(3)4/h1,3,7-9H2,2,4-6H3. The topological polar surface area (TPSA) is 69.7 Å². The maximum Gasteiger partial charge on any atom is 0.341 e. The average molecular weight is 294 g/mol. The molecule has 0 rings (SSSR count). The monoisotopic (exact) mass is 294 g/mol. The van der Waals surface area contributed by atoms with Gasteiger partial charge in [0.1, 0.15) is 0 Å². The Labute approximate surface area is 125 Å². The second kappa shape index (κ2) is 8.89. The van der Waals surface area contributed by atoms with Crippen LogP contribution < -0.4 is 0 Å². The fourth-order valence-corrected chi connectivity index (χ4v) is 1.23. The molecule has 0 heterocycles. The third-order valence-electron chi connectivity index (χ3n) is 2.76. The molecule has 0 radical (unpaired) electrons. The van der Waals surface area contributed by atoms with Gasteiger partial charge in [0.05, 0.1) is 6.61 Å². The van der Waals surface area contributed by atoms with Gasteiger partial charge in [0.25, 0.3) is 0 Å². The lowest BCUT2D eigenvalue weighted by atomic mass is 10.1. The fraction of sp³-hybridized carbons (Fsp3) is 0.438. The first-order valence-electron chi connectivity index (χ1n) is 6.57. The number of hydrogen-bond donors (Lipinski definition) is 0. The van der Waals surface area contributed by atoms with Crippen LogP contribution in [0.15, 0.2) is 35.5 Å². The number of esters is 3. The van der Waals surface area contributed by atoms with E-state index in [0.29, 0.717) is 24.0 Å². The summed E-state index contributed by atoms with van der Waals surface area (Å²) in [6.07, 6.45) is 1.13. The van der Waals surface area contributed by atoms with Crippen molar-refractivity contribution in [2.75, 3.05) is 6.61 Å². The molecular weight excluding hydrogens is 272 g/mol. The molecule has 0 aliphatic carbocycles. The van der Waals surface area contributed by atoms with Crippen LogP contribution in [-0.2, 0) is 23.9 Å². The molecule has 0 bridgehead atoms. The predicted molar refractivity (Wildman–Crippen MR) is 79.3 cm³/mol. The third-order valence-corrected chi connectivity index (χ3v) is 2.76. The van der Waals surface area contributed by atoms with Gasteiger partial charge in [-0.25, -0.2) is 14.4 Å². The summed E-state index contributed by atoms with van der Waals surface area (Å²) in [6, 6.07) is 0. The Morgan fingerprint density at radius 2 is 1.38 bits per heavy atom. The van der Waals surface area contributed by atoms with E-state index < -0.39 is 17.9 Å². The number of ether oxygens (including phenoxy) is 2. The molecule has 0 unspecified atom stereocenters. The SMILES string of the molecule is C=C(C)C(=O)OCCCC(C)=C(C)C(=O)OC(=O)C(=C)C. The zero-order valence-corrected chi connectivity index (χ0v) is 13.1. The largest absolute Gasteiger partial charge is 0.462 e. The van der Waals surface area contributed by atoms with E-state index in [1.54, 1.807) is 20.8 Å². The molecule has 0 aromatic rings. The molecule has 21 heavy (non-hydrogen) atoms. The van der Waals surface area contributed by atoms with E-state index in [-0.39, 0.29) is 12.2 Å². The van der Waals surface area contributed by atoms with Crippen LogP contribution in [0.25, 0.3) is 0 Å². The second-order valence-corrected chi connectivity index (χ2v) is 4.88. The molecule has 0 fully saturated rings. The van der Waals surface area contributed by atoms with Crippen molar-refractivity contribution < 1.29 is 23.9 Å². The summed E-state index contributed by atoms with van der Waals surface area (Å²) in [6.45, 7) is 13.5. The van der Waals surface area contributed by atoms with Crippen molar-refractivity contribution in [3.63, 3.8) is 0 Å². The molecule has 0 amide bonds. The van der Waals surface area contributed by atoms with Crippen LogP contribution in [0.1, 0.15) is 40.5 Å². The van der Waals surface area contributed by atoms with Gasteiger partial charge in [-0.1, -0.05) is 18.7 Å². The van der Waals surface area contributed by atoms with Crippen LogP contribution in [0, 0.1) is 0 Å². The predicted octanol–water partition coefficient (Wildman–Crippen LogP) is 2.87. The highest BCUT2D eigenvalue weighted by Crippen LogP contribution is 2.13. The van der Waals surface area contributed by atoms with E-state index >= 15 is 0 Å². The molecule has 0 aromatic heterocycles. The first kappa shape index (κ1) is 18.8. The quantitative estimate of drug-likeness (QED) is 0.312. The molecule has 0 N–H and O–H groups in total. The van der Waals surface area contributed by atoms with Gasteiger partial charge in [-0.15, -0.1) is 0 Å². The first-order valence-corrected chi connectivity index (χ1v) is 6.57. The summed E-state index contributed by atoms with van der Waals surface area (Å²) in [5.41, 5.74) is 1.66. The maximum absolute atomic E-state index is 11.7. The second-order valence-electron chi connectivity index (χ2n) is 4.88. The minimum atomic E-state index is -0.734. The highest BCUT2D eigenvalue weighted by atomic mass is 16.6. The van der Waals surface area contributed by atoms with Gasteiger partial charge in [-0.05, 0) is 40.5 Å². The number of carbonyl (C=O) groups excluding carboxylic acids is 3. The van der Waals surface area contributed by atoms with Gasteiger partial charge in [0.2, 0.25) is 0 Å². The Kier molecular flexibility index (Phi) is 7.97. The van der Waals surface area contributed by atoms with E-state index in [9.17, 15) is 14.4 Å². The number of allylic oxidation sites excluding steroid dienone is 1. The van der Waals surface area contributed by atoms with Crippen LogP contribution in [-0.4, -0.2) is 24.5 Å². The number of carbonyl (C=O) groups is 3. The Morgan fingerprint density at radius 3 is 1.86 bits per heavy atom. The Balaban J connectivity index is 4.34. The molecule has 0 spiro atoms. The van der Waals surface area contributed by atoms with Crippen molar-refractivity contribution in [1.82, 2.24) is 0 Å². The zero-order valence-electron chi connectivity index (χ0n) is 13.1. The van der Waals surface area contributed by atoms with Gasteiger partial charge >= 0.3 is 17.9 Å². The van der Waals surface area contributed by atoms with Crippen LogP contribution in [0.2, 0.25) is 0 Å². The molecule has 0 atom stereocenters. The highest BCUT2D eigenvalue weighted by Gasteiger charge is 2.14. The van der Waals surface area contributed by atoms with Crippen LogP contribution in [0.5, 0.6) is 0 Å². The molecule has 5 nitrogen and oxygen atoms in total. The van der Waals surface area contributed by atoms with Crippen molar-refractivity contribution in [3.8, 4) is 0 Å². The van der Waals surface area contributed by atoms with Gasteiger partial charge in [-0.2, -0.15) is 0 Å². The third kappa shape index (κ3) is 7.25. The molecule has 0 aromatic carbocycles. The number of rotatable bonds is 7. The molecule has 0 saturated heterocycles. The molecular formula is C16H22O5. The van der Waals surface area contributed by atoms with Crippen LogP contribution >= 0.6 is 0 Å². The highest BCUT2D eigenvalue weighted by molar-refractivity contribution is 6.01. The average Bonchev–Trinajstić information content (AvgIpc) is 2.41. The summed E-state index contributed by atoms with van der Waals surface area (Å²) in [4.78, 5) is 34.1. The van der Waals surface area contributed by atoms with E-state index in [0.717, 1.165) is 5.57 Å². The summed E-state index contributed by atoms with van der Waals surface area (Å²) in [5.74, 6) is -1.85. The van der Waals surface area contributed by atoms with Crippen molar-refractivity contribution in [2.45, 2.75) is 40.5 Å². The molecule has 0 aliphatic heterocycles. The smallest absolute Gasteiger partial charge is 0.341 e. The summed E-state index contributed by atoms with van der Waals surface area (Å²) in [5, 5.41) is 0. The molecule has 5 heteroatoms. The van der Waals surface area contributed by atoms with Crippen molar-refractivity contribution >= 4 is 17.9 Å². The fourth-order valence-electron chi connectivity index (χ4n) is 1.23. The summed E-state index contributed by atoms with van der Waals surface area (Å²) in [7, 11) is 0. The summed E-state index contributed by atoms with van der Waals surface area (Å²) >= 11 is 0. The first-order chi connectivity index (χ1) is 9.66. The maximum atomic E-state index is 11.7. The Bertz CT molecular complexity index is 497. The number of hydrogen-bond acceptors (Lipinski definition) is 5. The normalized spacial score (nSPS) is 11.2. The lowest BCUT2D eigenvalue weighted by Gasteiger charge is -2.08. The lowest BCUT2D eigenvalue weighted by molar-refractivity contribution is -0.154. The van der Waals surface area contributed by atoms with Gasteiger partial charge < -0.3 is 9.47 Å². The van der Waals surface area contributed by atoms with Crippen LogP contribution in [0.4, 0.5) is 0 Å². The minimum absolute atomic E-state index is 0.167. The summed E-state index contributed by atoms with van der Waals surface area (Å²) < 4.78 is 9.59. The van der Waals surface area contributed by atoms with Gasteiger partial charge in [-0.3, -0.25) is 0 Å². The molecule has 0 saturated carbocycles. The van der Waals surface area contributed by atoms with Gasteiger partial charge in [0.15, 0.2) is 0 Å². The van der Waals surface area contributed by atoms with E-state index in [4.69, 9.17) is 4.74 Å². The van der Waals surface area contributed by atoms with Crippen molar-refractivity contribution in [2.24, 2.45) is 0 Å². The van der Waals surface area contributed by atoms with Gasteiger partial charge in [0, 0.05) is 16.7 Å². The molecule has 116 valence electrons. The van der Waals surface area contributed by atoms with E-state index in [2.05, 4.69) is 17.9 Å². The van der Waals surface area contributed by atoms with E-state index in [1.807, 2.05) is 0 Å².